The molecule has 0 atom stereocenters. The lowest BCUT2D eigenvalue weighted by molar-refractivity contribution is 0.0650. The SMILES string of the molecule is COC1CCC(c2nc(-c3ccc(Cl)cc3)c3cnccn23)CC1.Cc1ccc(-n2nc(C3CCOCC3)c3ccncc32)c(C)c1.Cc1ccc(-n2nc(C3CCOCC3)c3ccncc32)cn1.Cc1ccc(-n2nc(C3CCOCC3)c3ccncc32)nc1.N#Cc1ccc(-n2nc(C3CCOCC3)c3ccncc32)cc1.c1ccc(-n2nc(C3CCOCC3)c3ccncc32)cc1. The van der Waals surface area contributed by atoms with Crippen LogP contribution in [0.1, 0.15) is 188 Å². The van der Waals surface area contributed by atoms with E-state index in [-0.39, 0.29) is 0 Å². The molecule has 0 N–H and O–H groups in total. The fourth-order valence-corrected chi connectivity index (χ4v) is 19.5. The fourth-order valence-electron chi connectivity index (χ4n) is 19.3. The molecule has 0 radical (unpaired) electrons. The number of nitriles is 1. The van der Waals surface area contributed by atoms with Gasteiger partial charge in [-0.15, -0.1) is 0 Å². The minimum Gasteiger partial charge on any atom is -0.381 e. The Morgan fingerprint density at radius 3 is 1.20 bits per heavy atom. The van der Waals surface area contributed by atoms with Crippen LogP contribution < -0.4 is 0 Å². The summed E-state index contributed by atoms with van der Waals surface area (Å²) in [6.07, 6.45) is 43.2. The minimum atomic E-state index is 0.393. The van der Waals surface area contributed by atoms with Gasteiger partial charge in [-0.05, 0) is 232 Å². The molecule has 4 aromatic carbocycles. The lowest BCUT2D eigenvalue weighted by Crippen LogP contribution is -2.20. The Morgan fingerprint density at radius 2 is 0.770 bits per heavy atom. The molecule has 0 amide bonds. The first kappa shape index (κ1) is 90.6. The second-order valence-electron chi connectivity index (χ2n) is 35.4. The highest BCUT2D eigenvalue weighted by atomic mass is 35.5. The highest BCUT2D eigenvalue weighted by Gasteiger charge is 2.32. The van der Waals surface area contributed by atoms with E-state index in [0.717, 1.165) is 273 Å². The van der Waals surface area contributed by atoms with Gasteiger partial charge in [-0.3, -0.25) is 39.3 Å². The molecule has 27 nitrogen and oxygen atoms in total. The molecule has 1 saturated carbocycles. The molecule has 5 aliphatic heterocycles. The Kier molecular flexibility index (Phi) is 28.7. The summed E-state index contributed by atoms with van der Waals surface area (Å²) in [6.45, 7) is 16.4. The number of methoxy groups -OCH3 is 1. The van der Waals surface area contributed by atoms with Crippen molar-refractivity contribution in [3.8, 4) is 45.9 Å². The van der Waals surface area contributed by atoms with E-state index >= 15 is 0 Å². The van der Waals surface area contributed by atoms with E-state index in [1.165, 1.54) is 44.1 Å². The summed E-state index contributed by atoms with van der Waals surface area (Å²) >= 11 is 6.02. The zero-order valence-corrected chi connectivity index (χ0v) is 77.6. The second-order valence-corrected chi connectivity index (χ2v) is 35.8. The largest absolute Gasteiger partial charge is 0.381 e. The maximum atomic E-state index is 8.95. The molecule has 1 aliphatic carbocycles. The number of nitrogens with zero attached hydrogens (tertiary/aromatic N) is 21. The third-order valence-electron chi connectivity index (χ3n) is 26.6. The predicted molar refractivity (Wildman–Crippen MR) is 523 cm³/mol. The van der Waals surface area contributed by atoms with Gasteiger partial charge in [-0.25, -0.2) is 33.4 Å². The quantitative estimate of drug-likeness (QED) is 0.104. The third-order valence-corrected chi connectivity index (χ3v) is 26.9. The molecule has 6 fully saturated rings. The van der Waals surface area contributed by atoms with Crippen LogP contribution in [-0.2, 0) is 28.4 Å². The molecule has 0 unspecified atom stereocenters. The number of aromatic nitrogens is 20. The van der Waals surface area contributed by atoms with Crippen LogP contribution in [0.2, 0.25) is 5.02 Å². The molecule has 28 heteroatoms. The predicted octanol–water partition coefficient (Wildman–Crippen LogP) is 21.2. The summed E-state index contributed by atoms with van der Waals surface area (Å²) in [7, 11) is 1.81. The average molecular weight is 1820 g/mol. The van der Waals surface area contributed by atoms with Crippen molar-refractivity contribution in [2.75, 3.05) is 73.2 Å². The molecule has 14 aromatic heterocycles. The van der Waals surface area contributed by atoms with Crippen molar-refractivity contribution in [3.05, 3.63) is 312 Å². The lowest BCUT2D eigenvalue weighted by atomic mass is 9.87. The van der Waals surface area contributed by atoms with Gasteiger partial charge in [0.1, 0.15) is 5.82 Å². The maximum Gasteiger partial charge on any atom is 0.154 e. The van der Waals surface area contributed by atoms with Crippen LogP contribution in [0.25, 0.3) is 99.9 Å². The van der Waals surface area contributed by atoms with Crippen molar-refractivity contribution < 1.29 is 28.4 Å². The van der Waals surface area contributed by atoms with Crippen LogP contribution in [-0.4, -0.2) is 177 Å². The maximum absolute atomic E-state index is 8.95. The number of hydrogen-bond acceptors (Lipinski definition) is 21. The summed E-state index contributed by atoms with van der Waals surface area (Å²) < 4.78 is 45.0. The number of rotatable bonds is 13. The Morgan fingerprint density at radius 1 is 0.363 bits per heavy atom. The van der Waals surface area contributed by atoms with Gasteiger partial charge in [-0.2, -0.15) is 30.8 Å². The van der Waals surface area contributed by atoms with Crippen molar-refractivity contribution >= 4 is 71.6 Å². The van der Waals surface area contributed by atoms with Crippen LogP contribution in [0.15, 0.2) is 245 Å². The van der Waals surface area contributed by atoms with E-state index in [4.69, 9.17) is 75.8 Å². The standard InChI is InChI=1S/C19H20ClN3O.C19H21N3O.C18H16N4O.2C17H18N4O.C17H17N3O/c1-24-16-8-4-14(5-9-16)19-22-18(13-2-6-15(20)7-3-13)17-12-21-10-11-23(17)19;1-13-3-4-17(14(2)11-13)22-18-12-20-8-5-16(18)19(21-22)15-6-9-23-10-7-15;19-11-13-1-3-15(4-2-13)22-17-12-20-8-5-16(17)18(21-22)14-6-9-23-10-7-14;1-12-2-3-14(10-19-12)21-16-11-18-7-4-15(16)17(20-21)13-5-8-22-9-6-13;1-12-2-3-16(19-10-12)21-15-11-18-7-4-14(15)17(20-21)13-5-8-22-9-6-13;1-2-4-14(5-3-1)20-16-12-18-9-6-15(16)17(19-20)13-7-10-21-11-8-13/h2-3,6-7,10-12,14,16H,4-5,8-9H2,1H3;3-5,8,11-12,15H,6-7,9-10H2,1-2H3;1-5,8,12,14H,6-7,9-10H2;2*2-4,7,10-11,13H,5-6,8-9H2,1H3;1-6,9,12-13H,7-8,10-11H2. The van der Waals surface area contributed by atoms with Crippen molar-refractivity contribution in [1.82, 2.24) is 98.2 Å². The molecule has 686 valence electrons. The van der Waals surface area contributed by atoms with Crippen molar-refractivity contribution in [1.29, 1.82) is 5.26 Å². The molecule has 0 bridgehead atoms. The van der Waals surface area contributed by atoms with Gasteiger partial charge < -0.3 is 28.4 Å². The monoisotopic (exact) mass is 1820 g/mol. The average Bonchev–Trinajstić information content (AvgIpc) is 1.64. The van der Waals surface area contributed by atoms with Crippen molar-refractivity contribution in [2.45, 2.75) is 159 Å². The number of benzene rings is 4. The van der Waals surface area contributed by atoms with Gasteiger partial charge in [0.25, 0.3) is 0 Å². The summed E-state index contributed by atoms with van der Waals surface area (Å²) in [6, 6.07) is 52.6. The molecular formula is C107H110ClN21O6. The molecular weight excluding hydrogens is 1710 g/mol. The van der Waals surface area contributed by atoms with E-state index in [1.54, 1.807) is 7.11 Å². The van der Waals surface area contributed by atoms with E-state index in [0.29, 0.717) is 47.2 Å². The molecule has 6 aliphatic rings. The van der Waals surface area contributed by atoms with E-state index in [9.17, 15) is 0 Å². The number of pyridine rings is 7. The van der Waals surface area contributed by atoms with E-state index < -0.39 is 0 Å². The zero-order valence-electron chi connectivity index (χ0n) is 76.8. The molecule has 135 heavy (non-hydrogen) atoms. The molecule has 5 saturated heterocycles. The van der Waals surface area contributed by atoms with Crippen LogP contribution in [0.3, 0.4) is 0 Å². The van der Waals surface area contributed by atoms with Crippen molar-refractivity contribution in [2.24, 2.45) is 0 Å². The highest BCUT2D eigenvalue weighted by Crippen LogP contribution is 2.41. The Hall–Kier alpha value is -13.6. The van der Waals surface area contributed by atoms with Gasteiger partial charge in [-0.1, -0.05) is 65.7 Å². The Labute approximate surface area is 788 Å². The number of aryl methyl sites for hydroxylation is 4. The van der Waals surface area contributed by atoms with E-state index in [1.807, 2.05) is 210 Å². The van der Waals surface area contributed by atoms with Crippen molar-refractivity contribution in [3.63, 3.8) is 0 Å². The third kappa shape index (κ3) is 20.4. The van der Waals surface area contributed by atoms with E-state index in [2.05, 4.69) is 136 Å². The fraction of sp³-hybridized carbons (Fsp3) is 0.336. The Balaban J connectivity index is 0.000000104. The minimum absolute atomic E-state index is 0.393. The summed E-state index contributed by atoms with van der Waals surface area (Å²) in [5.41, 5.74) is 23.5. The molecule has 24 rings (SSSR count). The first-order chi connectivity index (χ1) is 66.4. The first-order valence-corrected chi connectivity index (χ1v) is 47.5. The van der Waals surface area contributed by atoms with Crippen LogP contribution >= 0.6 is 11.6 Å². The normalized spacial score (nSPS) is 17.0. The number of halogens is 1. The van der Waals surface area contributed by atoms with Gasteiger partial charge in [0.05, 0.1) is 151 Å². The van der Waals surface area contributed by atoms with Gasteiger partial charge in [0, 0.05) is 201 Å². The first-order valence-electron chi connectivity index (χ1n) is 47.1. The van der Waals surface area contributed by atoms with Crippen LogP contribution in [0.5, 0.6) is 0 Å². The topological polar surface area (TPSA) is 289 Å². The molecule has 0 spiro atoms. The zero-order chi connectivity index (χ0) is 91.9. The number of para-hydroxylation sites is 1. The highest BCUT2D eigenvalue weighted by molar-refractivity contribution is 6.30. The summed E-state index contributed by atoms with van der Waals surface area (Å²) in [4.78, 5) is 39.6. The second kappa shape index (κ2) is 42.8. The smallest absolute Gasteiger partial charge is 0.154 e. The number of imidazole rings is 1. The van der Waals surface area contributed by atoms with Crippen LogP contribution in [0.4, 0.5) is 0 Å². The summed E-state index contributed by atoms with van der Waals surface area (Å²) in [5.74, 6) is 4.72. The van der Waals surface area contributed by atoms with Gasteiger partial charge in [0.2, 0.25) is 0 Å². The van der Waals surface area contributed by atoms with Gasteiger partial charge >= 0.3 is 0 Å². The number of hydrogen-bond donors (Lipinski definition) is 0. The lowest BCUT2D eigenvalue weighted by Gasteiger charge is -2.26. The van der Waals surface area contributed by atoms with Gasteiger partial charge in [0.15, 0.2) is 5.82 Å². The number of ether oxygens (including phenoxy) is 6. The number of fused-ring (bicyclic) bond motifs is 6. The molecule has 18 aromatic rings. The Bertz CT molecular complexity index is 6920. The molecule has 19 heterocycles. The summed E-state index contributed by atoms with van der Waals surface area (Å²) in [5, 5.41) is 40.2. The van der Waals surface area contributed by atoms with Crippen LogP contribution in [0, 0.1) is 39.0 Å².